The Morgan fingerprint density at radius 2 is 1.61 bits per heavy atom. The predicted octanol–water partition coefficient (Wildman–Crippen LogP) is 5.09. The molecule has 3 aromatic rings. The molecule has 0 fully saturated rings. The third-order valence-corrected chi connectivity index (χ3v) is 4.21. The SMILES string of the molecule is Cc1cc(N(C)C)cc(C)c1/C=C\c1ccnc2ccccc12. The standard InChI is InChI=1S/C21H22N2/c1-15-13-18(23(3)4)14-16(2)19(15)10-9-17-11-12-22-21-8-6-5-7-20(17)21/h5-14H,1-4H3/b10-9-. The van der Waals surface area contributed by atoms with Gasteiger partial charge in [0.05, 0.1) is 5.52 Å². The first-order chi connectivity index (χ1) is 11.1. The molecule has 0 saturated heterocycles. The van der Waals surface area contributed by atoms with Gasteiger partial charge in [0, 0.05) is 31.4 Å². The Labute approximate surface area is 138 Å². The Bertz CT molecular complexity index is 848. The summed E-state index contributed by atoms with van der Waals surface area (Å²) in [7, 11) is 4.15. The summed E-state index contributed by atoms with van der Waals surface area (Å²) in [5, 5.41) is 1.19. The van der Waals surface area contributed by atoms with Crippen molar-refractivity contribution in [2.45, 2.75) is 13.8 Å². The first-order valence-electron chi connectivity index (χ1n) is 7.86. The van der Waals surface area contributed by atoms with Gasteiger partial charge in [0.1, 0.15) is 0 Å². The van der Waals surface area contributed by atoms with Crippen molar-refractivity contribution >= 4 is 28.7 Å². The molecule has 0 radical (unpaired) electrons. The zero-order chi connectivity index (χ0) is 16.4. The maximum Gasteiger partial charge on any atom is 0.0707 e. The van der Waals surface area contributed by atoms with Crippen LogP contribution in [-0.2, 0) is 0 Å². The predicted molar refractivity (Wildman–Crippen MR) is 101 cm³/mol. The van der Waals surface area contributed by atoms with Crippen molar-refractivity contribution in [1.82, 2.24) is 4.98 Å². The molecule has 2 heteroatoms. The van der Waals surface area contributed by atoms with Crippen LogP contribution >= 0.6 is 0 Å². The minimum atomic E-state index is 1.03. The number of para-hydroxylation sites is 1. The quantitative estimate of drug-likeness (QED) is 0.670. The molecule has 1 aromatic heterocycles. The van der Waals surface area contributed by atoms with Gasteiger partial charge >= 0.3 is 0 Å². The monoisotopic (exact) mass is 302 g/mol. The molecule has 0 aliphatic rings. The lowest BCUT2D eigenvalue weighted by Gasteiger charge is -2.16. The van der Waals surface area contributed by atoms with Crippen LogP contribution in [0.1, 0.15) is 22.3 Å². The number of benzene rings is 2. The maximum atomic E-state index is 4.42. The molecule has 23 heavy (non-hydrogen) atoms. The molecule has 2 aromatic carbocycles. The van der Waals surface area contributed by atoms with Crippen molar-refractivity contribution in [3.63, 3.8) is 0 Å². The van der Waals surface area contributed by atoms with Crippen LogP contribution in [0.5, 0.6) is 0 Å². The Hall–Kier alpha value is -2.61. The van der Waals surface area contributed by atoms with E-state index in [1.165, 1.54) is 33.3 Å². The largest absolute Gasteiger partial charge is 0.378 e. The number of pyridine rings is 1. The zero-order valence-corrected chi connectivity index (χ0v) is 14.2. The molecule has 0 N–H and O–H groups in total. The highest BCUT2D eigenvalue weighted by Gasteiger charge is 2.04. The van der Waals surface area contributed by atoms with Crippen LogP contribution < -0.4 is 4.90 Å². The average Bonchev–Trinajstić information content (AvgIpc) is 2.54. The van der Waals surface area contributed by atoms with Crippen molar-refractivity contribution in [2.75, 3.05) is 19.0 Å². The van der Waals surface area contributed by atoms with E-state index in [0.717, 1.165) is 5.52 Å². The molecular formula is C21H22N2. The number of nitrogens with zero attached hydrogens (tertiary/aromatic N) is 2. The van der Waals surface area contributed by atoms with E-state index in [1.807, 2.05) is 12.3 Å². The molecule has 2 nitrogen and oxygen atoms in total. The third-order valence-electron chi connectivity index (χ3n) is 4.21. The van der Waals surface area contributed by atoms with E-state index in [0.29, 0.717) is 0 Å². The van der Waals surface area contributed by atoms with Gasteiger partial charge in [-0.2, -0.15) is 0 Å². The molecular weight excluding hydrogens is 280 g/mol. The number of hydrogen-bond acceptors (Lipinski definition) is 2. The first-order valence-corrected chi connectivity index (χ1v) is 7.86. The summed E-state index contributed by atoms with van der Waals surface area (Å²) in [5.74, 6) is 0. The second-order valence-corrected chi connectivity index (χ2v) is 6.14. The molecule has 0 amide bonds. The van der Waals surface area contributed by atoms with E-state index in [1.54, 1.807) is 0 Å². The van der Waals surface area contributed by atoms with E-state index in [4.69, 9.17) is 0 Å². The second kappa shape index (κ2) is 6.25. The van der Waals surface area contributed by atoms with Crippen LogP contribution in [0.15, 0.2) is 48.7 Å². The van der Waals surface area contributed by atoms with Gasteiger partial charge in [-0.05, 0) is 60.4 Å². The van der Waals surface area contributed by atoms with Crippen molar-refractivity contribution < 1.29 is 0 Å². The van der Waals surface area contributed by atoms with Gasteiger partial charge in [-0.1, -0.05) is 30.4 Å². The number of hydrogen-bond donors (Lipinski definition) is 0. The van der Waals surface area contributed by atoms with E-state index >= 15 is 0 Å². The lowest BCUT2D eigenvalue weighted by molar-refractivity contribution is 1.12. The molecule has 0 unspecified atom stereocenters. The summed E-state index contributed by atoms with van der Waals surface area (Å²) >= 11 is 0. The van der Waals surface area contributed by atoms with Gasteiger partial charge in [0.25, 0.3) is 0 Å². The van der Waals surface area contributed by atoms with Gasteiger partial charge in [0.15, 0.2) is 0 Å². The Kier molecular flexibility index (Phi) is 4.16. The highest BCUT2D eigenvalue weighted by molar-refractivity contribution is 5.90. The fourth-order valence-electron chi connectivity index (χ4n) is 2.91. The summed E-state index contributed by atoms with van der Waals surface area (Å²) in [6.45, 7) is 4.34. The van der Waals surface area contributed by atoms with Crippen LogP contribution in [0.25, 0.3) is 23.1 Å². The van der Waals surface area contributed by atoms with E-state index < -0.39 is 0 Å². The minimum absolute atomic E-state index is 1.03. The average molecular weight is 302 g/mol. The smallest absolute Gasteiger partial charge is 0.0707 e. The molecule has 0 aliphatic heterocycles. The lowest BCUT2D eigenvalue weighted by Crippen LogP contribution is -2.09. The molecule has 3 rings (SSSR count). The van der Waals surface area contributed by atoms with Crippen molar-refractivity contribution in [3.8, 4) is 0 Å². The van der Waals surface area contributed by atoms with E-state index in [2.05, 4.69) is 86.4 Å². The van der Waals surface area contributed by atoms with E-state index in [9.17, 15) is 0 Å². The van der Waals surface area contributed by atoms with Crippen LogP contribution in [0.2, 0.25) is 0 Å². The Morgan fingerprint density at radius 3 is 2.30 bits per heavy atom. The van der Waals surface area contributed by atoms with Gasteiger partial charge in [0.2, 0.25) is 0 Å². The van der Waals surface area contributed by atoms with Gasteiger partial charge in [-0.25, -0.2) is 0 Å². The normalized spacial score (nSPS) is 11.3. The molecule has 0 spiro atoms. The number of aromatic nitrogens is 1. The Balaban J connectivity index is 2.03. The molecule has 0 atom stereocenters. The summed E-state index contributed by atoms with van der Waals surface area (Å²) in [6.07, 6.45) is 6.28. The number of anilines is 1. The molecule has 1 heterocycles. The zero-order valence-electron chi connectivity index (χ0n) is 14.2. The molecule has 0 bridgehead atoms. The number of rotatable bonds is 3. The fourth-order valence-corrected chi connectivity index (χ4v) is 2.91. The van der Waals surface area contributed by atoms with E-state index in [-0.39, 0.29) is 0 Å². The van der Waals surface area contributed by atoms with Crippen molar-refractivity contribution in [2.24, 2.45) is 0 Å². The topological polar surface area (TPSA) is 16.1 Å². The van der Waals surface area contributed by atoms with Gasteiger partial charge in [-0.3, -0.25) is 4.98 Å². The Morgan fingerprint density at radius 1 is 0.913 bits per heavy atom. The minimum Gasteiger partial charge on any atom is -0.378 e. The van der Waals surface area contributed by atoms with Crippen molar-refractivity contribution in [1.29, 1.82) is 0 Å². The third kappa shape index (κ3) is 3.11. The van der Waals surface area contributed by atoms with Crippen LogP contribution in [0, 0.1) is 13.8 Å². The molecule has 0 aliphatic carbocycles. The molecule has 116 valence electrons. The lowest BCUT2D eigenvalue weighted by atomic mass is 9.99. The summed E-state index contributed by atoms with van der Waals surface area (Å²) in [5.41, 5.74) is 7.35. The summed E-state index contributed by atoms with van der Waals surface area (Å²) in [6, 6.07) is 14.8. The second-order valence-electron chi connectivity index (χ2n) is 6.14. The fraction of sp³-hybridized carbons (Fsp3) is 0.190. The maximum absolute atomic E-state index is 4.42. The highest BCUT2D eigenvalue weighted by Crippen LogP contribution is 2.25. The number of fused-ring (bicyclic) bond motifs is 1. The highest BCUT2D eigenvalue weighted by atomic mass is 15.1. The summed E-state index contributed by atoms with van der Waals surface area (Å²) in [4.78, 5) is 6.57. The van der Waals surface area contributed by atoms with Gasteiger partial charge < -0.3 is 4.90 Å². The number of aryl methyl sites for hydroxylation is 2. The summed E-state index contributed by atoms with van der Waals surface area (Å²) < 4.78 is 0. The van der Waals surface area contributed by atoms with Crippen LogP contribution in [0.3, 0.4) is 0 Å². The van der Waals surface area contributed by atoms with Crippen LogP contribution in [-0.4, -0.2) is 19.1 Å². The van der Waals surface area contributed by atoms with Gasteiger partial charge in [-0.15, -0.1) is 0 Å². The van der Waals surface area contributed by atoms with Crippen molar-refractivity contribution in [3.05, 3.63) is 70.9 Å². The van der Waals surface area contributed by atoms with Crippen LogP contribution in [0.4, 0.5) is 5.69 Å². The first kappa shape index (κ1) is 15.3. The molecule has 0 saturated carbocycles.